The van der Waals surface area contributed by atoms with Crippen molar-refractivity contribution in [3.8, 4) is 5.88 Å². The molecule has 1 aromatic rings. The molecule has 0 amide bonds. The van der Waals surface area contributed by atoms with Crippen LogP contribution in [0, 0.1) is 0 Å². The fourth-order valence-corrected chi connectivity index (χ4v) is 1.05. The quantitative estimate of drug-likeness (QED) is 0.763. The SMILES string of the molecule is Nc1cc(Cl)cnc1OC1CC1. The summed E-state index contributed by atoms with van der Waals surface area (Å²) >= 11 is 5.67. The van der Waals surface area contributed by atoms with Crippen molar-refractivity contribution in [2.45, 2.75) is 18.9 Å². The van der Waals surface area contributed by atoms with E-state index in [0.717, 1.165) is 12.8 Å². The Kier molecular flexibility index (Phi) is 1.81. The Morgan fingerprint density at radius 3 is 2.92 bits per heavy atom. The van der Waals surface area contributed by atoms with Crippen LogP contribution in [0.15, 0.2) is 12.3 Å². The molecule has 2 rings (SSSR count). The minimum absolute atomic E-state index is 0.320. The molecular formula is C8H9ClN2O. The van der Waals surface area contributed by atoms with E-state index in [-0.39, 0.29) is 0 Å². The monoisotopic (exact) mass is 184 g/mol. The fourth-order valence-electron chi connectivity index (χ4n) is 0.885. The third kappa shape index (κ3) is 1.61. The van der Waals surface area contributed by atoms with Crippen molar-refractivity contribution >= 4 is 17.3 Å². The van der Waals surface area contributed by atoms with Gasteiger partial charge in [-0.2, -0.15) is 0 Å². The molecule has 0 aromatic carbocycles. The molecule has 64 valence electrons. The van der Waals surface area contributed by atoms with Crippen molar-refractivity contribution in [1.29, 1.82) is 0 Å². The second kappa shape index (κ2) is 2.83. The number of ether oxygens (including phenoxy) is 1. The van der Waals surface area contributed by atoms with Gasteiger partial charge in [-0.3, -0.25) is 0 Å². The van der Waals surface area contributed by atoms with E-state index in [0.29, 0.717) is 22.7 Å². The first kappa shape index (κ1) is 7.68. The van der Waals surface area contributed by atoms with Gasteiger partial charge >= 0.3 is 0 Å². The van der Waals surface area contributed by atoms with Crippen LogP contribution in [-0.4, -0.2) is 11.1 Å². The number of rotatable bonds is 2. The highest BCUT2D eigenvalue weighted by molar-refractivity contribution is 6.30. The number of aromatic nitrogens is 1. The molecule has 1 heterocycles. The Balaban J connectivity index is 2.18. The van der Waals surface area contributed by atoms with Crippen molar-refractivity contribution < 1.29 is 4.74 Å². The number of pyridine rings is 1. The molecule has 4 heteroatoms. The molecule has 1 fully saturated rings. The van der Waals surface area contributed by atoms with Crippen molar-refractivity contribution in [3.63, 3.8) is 0 Å². The maximum atomic E-state index is 5.67. The summed E-state index contributed by atoms with van der Waals surface area (Å²) in [6, 6.07) is 1.65. The van der Waals surface area contributed by atoms with Gasteiger partial charge in [0.2, 0.25) is 5.88 Å². The maximum absolute atomic E-state index is 5.67. The molecule has 1 aliphatic rings. The summed E-state index contributed by atoms with van der Waals surface area (Å²) in [6.45, 7) is 0. The van der Waals surface area contributed by atoms with Gasteiger partial charge in [-0.25, -0.2) is 4.98 Å². The van der Waals surface area contributed by atoms with Gasteiger partial charge < -0.3 is 10.5 Å². The zero-order chi connectivity index (χ0) is 8.55. The minimum atomic E-state index is 0.320. The van der Waals surface area contributed by atoms with Gasteiger partial charge in [0.1, 0.15) is 6.10 Å². The zero-order valence-corrected chi connectivity index (χ0v) is 7.21. The average molecular weight is 185 g/mol. The van der Waals surface area contributed by atoms with Crippen LogP contribution in [-0.2, 0) is 0 Å². The van der Waals surface area contributed by atoms with Crippen LogP contribution >= 0.6 is 11.6 Å². The van der Waals surface area contributed by atoms with Crippen molar-refractivity contribution in [3.05, 3.63) is 17.3 Å². The van der Waals surface area contributed by atoms with Crippen molar-refractivity contribution in [2.24, 2.45) is 0 Å². The number of hydrogen-bond donors (Lipinski definition) is 1. The van der Waals surface area contributed by atoms with E-state index in [1.165, 1.54) is 6.20 Å². The van der Waals surface area contributed by atoms with E-state index in [2.05, 4.69) is 4.98 Å². The standard InChI is InChI=1S/C8H9ClN2O/c9-5-3-7(10)8(11-4-5)12-6-1-2-6/h3-4,6H,1-2,10H2. The smallest absolute Gasteiger partial charge is 0.237 e. The molecule has 1 saturated carbocycles. The molecule has 12 heavy (non-hydrogen) atoms. The Morgan fingerprint density at radius 2 is 2.33 bits per heavy atom. The number of hydrogen-bond acceptors (Lipinski definition) is 3. The van der Waals surface area contributed by atoms with Gasteiger partial charge in [-0.1, -0.05) is 11.6 Å². The molecule has 0 bridgehead atoms. The van der Waals surface area contributed by atoms with E-state index in [1.54, 1.807) is 6.07 Å². The first-order valence-corrected chi connectivity index (χ1v) is 4.21. The Morgan fingerprint density at radius 1 is 1.58 bits per heavy atom. The molecule has 0 spiro atoms. The molecule has 0 atom stereocenters. The van der Waals surface area contributed by atoms with Crippen molar-refractivity contribution in [2.75, 3.05) is 5.73 Å². The lowest BCUT2D eigenvalue weighted by Gasteiger charge is -2.05. The highest BCUT2D eigenvalue weighted by Crippen LogP contribution is 2.29. The molecule has 0 saturated heterocycles. The molecule has 0 radical (unpaired) electrons. The molecule has 2 N–H and O–H groups in total. The van der Waals surface area contributed by atoms with Crippen LogP contribution in [0.1, 0.15) is 12.8 Å². The largest absolute Gasteiger partial charge is 0.473 e. The second-order valence-corrected chi connectivity index (χ2v) is 3.30. The average Bonchev–Trinajstić information content (AvgIpc) is 2.79. The number of nitrogen functional groups attached to an aromatic ring is 1. The topological polar surface area (TPSA) is 48.1 Å². The summed E-state index contributed by atoms with van der Waals surface area (Å²) in [4.78, 5) is 3.98. The number of nitrogens with two attached hydrogens (primary N) is 1. The first-order chi connectivity index (χ1) is 5.75. The summed E-state index contributed by atoms with van der Waals surface area (Å²) in [5.41, 5.74) is 6.13. The molecule has 3 nitrogen and oxygen atoms in total. The van der Waals surface area contributed by atoms with Gasteiger partial charge in [0, 0.05) is 6.20 Å². The second-order valence-electron chi connectivity index (χ2n) is 2.87. The predicted molar refractivity (Wildman–Crippen MR) is 47.3 cm³/mol. The molecule has 0 unspecified atom stereocenters. The third-order valence-corrected chi connectivity index (χ3v) is 1.85. The lowest BCUT2D eigenvalue weighted by molar-refractivity contribution is 0.293. The van der Waals surface area contributed by atoms with Crippen LogP contribution in [0.4, 0.5) is 5.69 Å². The Hall–Kier alpha value is -0.960. The maximum Gasteiger partial charge on any atom is 0.237 e. The summed E-state index contributed by atoms with van der Waals surface area (Å²) in [6.07, 6.45) is 4.06. The summed E-state index contributed by atoms with van der Waals surface area (Å²) in [7, 11) is 0. The number of halogens is 1. The van der Waals surface area contributed by atoms with E-state index < -0.39 is 0 Å². The minimum Gasteiger partial charge on any atom is -0.473 e. The van der Waals surface area contributed by atoms with Gasteiger partial charge in [-0.05, 0) is 18.9 Å². The summed E-state index contributed by atoms with van der Waals surface area (Å²) in [5.74, 6) is 0.502. The van der Waals surface area contributed by atoms with E-state index >= 15 is 0 Å². The fraction of sp³-hybridized carbons (Fsp3) is 0.375. The van der Waals surface area contributed by atoms with Crippen LogP contribution in [0.3, 0.4) is 0 Å². The van der Waals surface area contributed by atoms with Gasteiger partial charge in [0.25, 0.3) is 0 Å². The van der Waals surface area contributed by atoms with Crippen LogP contribution in [0.5, 0.6) is 5.88 Å². The highest BCUT2D eigenvalue weighted by Gasteiger charge is 2.24. The summed E-state index contributed by atoms with van der Waals surface area (Å²) < 4.78 is 5.42. The van der Waals surface area contributed by atoms with E-state index in [9.17, 15) is 0 Å². The molecule has 1 aliphatic carbocycles. The summed E-state index contributed by atoms with van der Waals surface area (Å²) in [5, 5.41) is 0.538. The lowest BCUT2D eigenvalue weighted by Crippen LogP contribution is -2.01. The van der Waals surface area contributed by atoms with Gasteiger partial charge in [0.05, 0.1) is 10.7 Å². The molecular weight excluding hydrogens is 176 g/mol. The van der Waals surface area contributed by atoms with Crippen LogP contribution in [0.2, 0.25) is 5.02 Å². The highest BCUT2D eigenvalue weighted by atomic mass is 35.5. The number of anilines is 1. The van der Waals surface area contributed by atoms with Crippen molar-refractivity contribution in [1.82, 2.24) is 4.98 Å². The molecule has 1 aromatic heterocycles. The molecule has 0 aliphatic heterocycles. The van der Waals surface area contributed by atoms with Crippen LogP contribution in [0.25, 0.3) is 0 Å². The van der Waals surface area contributed by atoms with E-state index in [4.69, 9.17) is 22.1 Å². The van der Waals surface area contributed by atoms with E-state index in [1.807, 2.05) is 0 Å². The Labute approximate surface area is 75.5 Å². The third-order valence-electron chi connectivity index (χ3n) is 1.65. The van der Waals surface area contributed by atoms with Gasteiger partial charge in [0.15, 0.2) is 0 Å². The zero-order valence-electron chi connectivity index (χ0n) is 6.46. The predicted octanol–water partition coefficient (Wildman–Crippen LogP) is 1.86. The Bertz CT molecular complexity index is 299. The first-order valence-electron chi connectivity index (χ1n) is 3.83. The lowest BCUT2D eigenvalue weighted by atomic mass is 10.4. The number of nitrogens with zero attached hydrogens (tertiary/aromatic N) is 1. The van der Waals surface area contributed by atoms with Crippen LogP contribution < -0.4 is 10.5 Å². The normalized spacial score (nSPS) is 16.1. The van der Waals surface area contributed by atoms with Gasteiger partial charge in [-0.15, -0.1) is 0 Å².